The van der Waals surface area contributed by atoms with E-state index >= 15 is 0 Å². The number of hydrogen-bond acceptors (Lipinski definition) is 3. The summed E-state index contributed by atoms with van der Waals surface area (Å²) in [6.45, 7) is 1.58. The zero-order chi connectivity index (χ0) is 13.1. The van der Waals surface area contributed by atoms with E-state index < -0.39 is 18.0 Å². The Kier molecular flexibility index (Phi) is 4.19. The predicted octanol–water partition coefficient (Wildman–Crippen LogP) is 2.56. The van der Waals surface area contributed by atoms with E-state index in [1.807, 2.05) is 0 Å². The number of rotatable bonds is 3. The lowest BCUT2D eigenvalue weighted by atomic mass is 9.95. The van der Waals surface area contributed by atoms with E-state index in [9.17, 15) is 14.6 Å². The molecule has 1 aromatic carbocycles. The molecule has 1 aromatic rings. The first-order valence-corrected chi connectivity index (χ1v) is 6.40. The molecule has 0 spiro atoms. The highest BCUT2D eigenvalue weighted by atomic mass is 19.1. The second kappa shape index (κ2) is 5.67. The smallest absolute Gasteiger partial charge is 0.165 e. The van der Waals surface area contributed by atoms with E-state index in [1.54, 1.807) is 13.0 Å². The molecule has 2 unspecified atom stereocenters. The first kappa shape index (κ1) is 13.3. The van der Waals surface area contributed by atoms with Crippen LogP contribution in [0, 0.1) is 5.82 Å². The van der Waals surface area contributed by atoms with Gasteiger partial charge in [0.2, 0.25) is 0 Å². The lowest BCUT2D eigenvalue weighted by Gasteiger charge is -2.28. The van der Waals surface area contributed by atoms with Crippen LogP contribution >= 0.6 is 0 Å². The van der Waals surface area contributed by atoms with Crippen LogP contribution in [-0.4, -0.2) is 22.4 Å². The maximum atomic E-state index is 13.8. The summed E-state index contributed by atoms with van der Waals surface area (Å²) in [5, 5.41) is 19.1. The molecule has 1 fully saturated rings. The van der Waals surface area contributed by atoms with Crippen LogP contribution in [0.1, 0.15) is 44.3 Å². The number of hydrogen-bond donors (Lipinski definition) is 2. The molecule has 18 heavy (non-hydrogen) atoms. The van der Waals surface area contributed by atoms with Gasteiger partial charge in [-0.1, -0.05) is 12.5 Å². The Balaban J connectivity index is 2.09. The van der Waals surface area contributed by atoms with Crippen LogP contribution in [0.3, 0.4) is 0 Å². The van der Waals surface area contributed by atoms with E-state index in [2.05, 4.69) is 0 Å². The minimum Gasteiger partial charge on any atom is -0.485 e. The average Bonchev–Trinajstić information content (AvgIpc) is 2.34. The van der Waals surface area contributed by atoms with E-state index in [0.29, 0.717) is 12.0 Å². The summed E-state index contributed by atoms with van der Waals surface area (Å²) in [6.07, 6.45) is 1.89. The summed E-state index contributed by atoms with van der Waals surface area (Å²) in [6, 6.07) is 4.42. The van der Waals surface area contributed by atoms with Crippen molar-refractivity contribution in [1.29, 1.82) is 0 Å². The second-order valence-corrected chi connectivity index (χ2v) is 4.87. The van der Waals surface area contributed by atoms with Gasteiger partial charge in [-0.05, 0) is 43.9 Å². The summed E-state index contributed by atoms with van der Waals surface area (Å²) in [5.41, 5.74) is 0.518. The Morgan fingerprint density at radius 1 is 1.33 bits per heavy atom. The van der Waals surface area contributed by atoms with Crippen LogP contribution in [-0.2, 0) is 0 Å². The van der Waals surface area contributed by atoms with Gasteiger partial charge in [0.25, 0.3) is 0 Å². The van der Waals surface area contributed by atoms with Gasteiger partial charge in [-0.3, -0.25) is 0 Å². The molecule has 1 aliphatic carbocycles. The third-order valence-corrected chi connectivity index (χ3v) is 3.38. The number of ether oxygens (including phenoxy) is 1. The van der Waals surface area contributed by atoms with Crippen LogP contribution in [0.4, 0.5) is 4.39 Å². The number of halogens is 1. The van der Waals surface area contributed by atoms with Crippen LogP contribution < -0.4 is 4.74 Å². The molecular formula is C14H19FO3. The zero-order valence-electron chi connectivity index (χ0n) is 10.5. The van der Waals surface area contributed by atoms with Crippen molar-refractivity contribution in [2.45, 2.75) is 50.9 Å². The van der Waals surface area contributed by atoms with Crippen molar-refractivity contribution >= 4 is 0 Å². The van der Waals surface area contributed by atoms with Gasteiger partial charge in [-0.25, -0.2) is 4.39 Å². The molecule has 0 aromatic heterocycles. The summed E-state index contributed by atoms with van der Waals surface area (Å²) in [5.74, 6) is -0.350. The normalized spacial score (nSPS) is 25.8. The Hall–Kier alpha value is -1.13. The van der Waals surface area contributed by atoms with E-state index in [4.69, 9.17) is 4.74 Å². The fourth-order valence-electron chi connectivity index (χ4n) is 2.25. The van der Waals surface area contributed by atoms with Gasteiger partial charge < -0.3 is 14.9 Å². The van der Waals surface area contributed by atoms with Crippen molar-refractivity contribution in [2.75, 3.05) is 0 Å². The molecule has 0 amide bonds. The molecule has 2 rings (SSSR count). The monoisotopic (exact) mass is 254 g/mol. The Labute approximate surface area is 106 Å². The Morgan fingerprint density at radius 2 is 2.06 bits per heavy atom. The molecule has 2 N–H and O–H groups in total. The summed E-state index contributed by atoms with van der Waals surface area (Å²) in [4.78, 5) is 0. The van der Waals surface area contributed by atoms with Gasteiger partial charge in [0.15, 0.2) is 11.6 Å². The third kappa shape index (κ3) is 3.00. The largest absolute Gasteiger partial charge is 0.485 e. The lowest BCUT2D eigenvalue weighted by molar-refractivity contribution is 0.00495. The van der Waals surface area contributed by atoms with Crippen molar-refractivity contribution in [2.24, 2.45) is 0 Å². The molecule has 3 atom stereocenters. The summed E-state index contributed by atoms with van der Waals surface area (Å²) >= 11 is 0. The van der Waals surface area contributed by atoms with Gasteiger partial charge in [-0.2, -0.15) is 0 Å². The molecule has 100 valence electrons. The predicted molar refractivity (Wildman–Crippen MR) is 65.9 cm³/mol. The van der Waals surface area contributed by atoms with Gasteiger partial charge in [0, 0.05) is 0 Å². The highest BCUT2D eigenvalue weighted by Crippen LogP contribution is 2.27. The van der Waals surface area contributed by atoms with Gasteiger partial charge in [0.1, 0.15) is 6.10 Å². The van der Waals surface area contributed by atoms with Gasteiger partial charge >= 0.3 is 0 Å². The minimum atomic E-state index is -0.700. The van der Waals surface area contributed by atoms with Crippen molar-refractivity contribution in [3.8, 4) is 5.75 Å². The van der Waals surface area contributed by atoms with Crippen molar-refractivity contribution < 1.29 is 19.3 Å². The first-order valence-electron chi connectivity index (χ1n) is 6.40. The van der Waals surface area contributed by atoms with Gasteiger partial charge in [-0.15, -0.1) is 0 Å². The number of benzene rings is 1. The molecule has 4 heteroatoms. The molecule has 0 heterocycles. The SMILES string of the molecule is C[C@@H](O)c1ccc(OC2CCCCC2O)c(F)c1. The fraction of sp³-hybridized carbons (Fsp3) is 0.571. The van der Waals surface area contributed by atoms with Crippen LogP contribution in [0.15, 0.2) is 18.2 Å². The molecule has 1 aliphatic rings. The Bertz CT molecular complexity index is 406. The standard InChI is InChI=1S/C14H19FO3/c1-9(16)10-6-7-13(11(15)8-10)18-14-5-3-2-4-12(14)17/h6-9,12,14,16-17H,2-5H2,1H3/t9-,12?,14?/m1/s1. The molecule has 0 saturated heterocycles. The summed E-state index contributed by atoms with van der Waals surface area (Å²) < 4.78 is 19.3. The third-order valence-electron chi connectivity index (χ3n) is 3.38. The second-order valence-electron chi connectivity index (χ2n) is 4.87. The topological polar surface area (TPSA) is 49.7 Å². The summed E-state index contributed by atoms with van der Waals surface area (Å²) in [7, 11) is 0. The zero-order valence-corrected chi connectivity index (χ0v) is 10.5. The van der Waals surface area contributed by atoms with Crippen molar-refractivity contribution in [3.63, 3.8) is 0 Å². The highest BCUT2D eigenvalue weighted by molar-refractivity contribution is 5.30. The quantitative estimate of drug-likeness (QED) is 0.871. The number of aliphatic hydroxyl groups is 2. The number of aliphatic hydroxyl groups excluding tert-OH is 2. The first-order chi connectivity index (χ1) is 8.58. The van der Waals surface area contributed by atoms with E-state index in [1.165, 1.54) is 12.1 Å². The van der Waals surface area contributed by atoms with E-state index in [0.717, 1.165) is 19.3 Å². The van der Waals surface area contributed by atoms with Crippen LogP contribution in [0.2, 0.25) is 0 Å². The van der Waals surface area contributed by atoms with Gasteiger partial charge in [0.05, 0.1) is 12.2 Å². The average molecular weight is 254 g/mol. The van der Waals surface area contributed by atoms with Crippen LogP contribution in [0.5, 0.6) is 5.75 Å². The van der Waals surface area contributed by atoms with Crippen molar-refractivity contribution in [3.05, 3.63) is 29.6 Å². The molecule has 3 nitrogen and oxygen atoms in total. The van der Waals surface area contributed by atoms with E-state index in [-0.39, 0.29) is 11.9 Å². The minimum absolute atomic E-state index is 0.144. The lowest BCUT2D eigenvalue weighted by Crippen LogP contribution is -2.34. The van der Waals surface area contributed by atoms with Crippen LogP contribution in [0.25, 0.3) is 0 Å². The maximum absolute atomic E-state index is 13.8. The molecule has 0 bridgehead atoms. The fourth-order valence-corrected chi connectivity index (χ4v) is 2.25. The molecular weight excluding hydrogens is 235 g/mol. The Morgan fingerprint density at radius 3 is 2.67 bits per heavy atom. The molecule has 0 radical (unpaired) electrons. The molecule has 1 saturated carbocycles. The van der Waals surface area contributed by atoms with Crippen molar-refractivity contribution in [1.82, 2.24) is 0 Å². The molecule has 0 aliphatic heterocycles. The highest BCUT2D eigenvalue weighted by Gasteiger charge is 2.25. The maximum Gasteiger partial charge on any atom is 0.165 e.